The summed E-state index contributed by atoms with van der Waals surface area (Å²) in [5, 5.41) is 20.4. The van der Waals surface area contributed by atoms with Gasteiger partial charge in [-0.2, -0.15) is 9.78 Å². The first-order valence-corrected chi connectivity index (χ1v) is 13.5. The number of piperidine rings is 1. The monoisotopic (exact) mass is 593 g/mol. The molecule has 0 spiro atoms. The normalized spacial score (nSPS) is 14.0. The van der Waals surface area contributed by atoms with Gasteiger partial charge in [0, 0.05) is 17.1 Å². The summed E-state index contributed by atoms with van der Waals surface area (Å²) in [4.78, 5) is 28.0. The Morgan fingerprint density at radius 1 is 1.07 bits per heavy atom. The molecule has 14 nitrogen and oxygen atoms in total. The summed E-state index contributed by atoms with van der Waals surface area (Å²) in [5.41, 5.74) is 10.4. The molecule has 42 heavy (non-hydrogen) atoms. The Morgan fingerprint density at radius 2 is 1.81 bits per heavy atom. The maximum atomic E-state index is 13.2. The predicted octanol–water partition coefficient (Wildman–Crippen LogP) is 3.25. The number of aromatic nitrogens is 5. The van der Waals surface area contributed by atoms with Gasteiger partial charge in [-0.05, 0) is 85.6 Å². The summed E-state index contributed by atoms with van der Waals surface area (Å²) in [5.74, 6) is -0.427. The third-order valence-electron chi connectivity index (χ3n) is 6.69. The minimum Gasteiger partial charge on any atom is -0.493 e. The Balaban J connectivity index is 1.33. The third-order valence-corrected chi connectivity index (χ3v) is 6.94. The SMILES string of the molecule is COc1cc(/C(C)=N/NC(=O)c2nnn(-c3nonc3N)c2CN2CCCCC2)ccc1OC(=O)c1ccc(Cl)cc1. The number of esters is 1. The van der Waals surface area contributed by atoms with Crippen molar-refractivity contribution in [3.8, 4) is 17.3 Å². The maximum Gasteiger partial charge on any atom is 0.343 e. The number of nitrogens with zero attached hydrogens (tertiary/aromatic N) is 7. The van der Waals surface area contributed by atoms with Gasteiger partial charge >= 0.3 is 5.97 Å². The Bertz CT molecular complexity index is 1610. The number of rotatable bonds is 9. The Labute approximate surface area is 245 Å². The van der Waals surface area contributed by atoms with Gasteiger partial charge in [0.05, 0.1) is 24.1 Å². The number of nitrogens with two attached hydrogens (primary N) is 1. The van der Waals surface area contributed by atoms with E-state index in [0.717, 1.165) is 32.4 Å². The van der Waals surface area contributed by atoms with E-state index < -0.39 is 11.9 Å². The highest BCUT2D eigenvalue weighted by Crippen LogP contribution is 2.29. The number of methoxy groups -OCH3 is 1. The lowest BCUT2D eigenvalue weighted by Gasteiger charge is -2.26. The lowest BCUT2D eigenvalue weighted by atomic mass is 10.1. The van der Waals surface area contributed by atoms with E-state index in [9.17, 15) is 9.59 Å². The summed E-state index contributed by atoms with van der Waals surface area (Å²) in [6.07, 6.45) is 3.28. The van der Waals surface area contributed by atoms with E-state index in [2.05, 4.69) is 36.1 Å². The van der Waals surface area contributed by atoms with Crippen LogP contribution in [0, 0.1) is 0 Å². The minimum atomic E-state index is -0.567. The molecule has 1 fully saturated rings. The van der Waals surface area contributed by atoms with Gasteiger partial charge in [-0.15, -0.1) is 5.10 Å². The Kier molecular flexibility index (Phi) is 8.74. The number of hydrazone groups is 1. The number of amides is 1. The van der Waals surface area contributed by atoms with Crippen molar-refractivity contribution in [3.63, 3.8) is 0 Å². The summed E-state index contributed by atoms with van der Waals surface area (Å²) < 4.78 is 17.0. The van der Waals surface area contributed by atoms with Crippen molar-refractivity contribution in [2.24, 2.45) is 5.10 Å². The molecule has 4 aromatic rings. The fraction of sp³-hybridized carbons (Fsp3) is 0.296. The number of benzene rings is 2. The van der Waals surface area contributed by atoms with Crippen LogP contribution >= 0.6 is 11.6 Å². The molecule has 0 saturated carbocycles. The second-order valence-electron chi connectivity index (χ2n) is 9.51. The first-order valence-electron chi connectivity index (χ1n) is 13.1. The number of nitrogen functional groups attached to an aromatic ring is 1. The van der Waals surface area contributed by atoms with E-state index in [1.54, 1.807) is 49.4 Å². The molecule has 1 amide bonds. The zero-order valence-corrected chi connectivity index (χ0v) is 23.7. The molecule has 0 atom stereocenters. The molecule has 3 heterocycles. The zero-order valence-electron chi connectivity index (χ0n) is 22.9. The zero-order chi connectivity index (χ0) is 29.6. The van der Waals surface area contributed by atoms with E-state index >= 15 is 0 Å². The van der Waals surface area contributed by atoms with E-state index in [4.69, 9.17) is 31.4 Å². The summed E-state index contributed by atoms with van der Waals surface area (Å²) in [7, 11) is 1.46. The van der Waals surface area contributed by atoms with Gasteiger partial charge in [0.15, 0.2) is 17.2 Å². The van der Waals surface area contributed by atoms with Gasteiger partial charge in [-0.25, -0.2) is 14.8 Å². The molecular formula is C27H28ClN9O5. The van der Waals surface area contributed by atoms with Crippen LogP contribution in [0.3, 0.4) is 0 Å². The molecule has 15 heteroatoms. The molecule has 0 bridgehead atoms. The predicted molar refractivity (Wildman–Crippen MR) is 152 cm³/mol. The van der Waals surface area contributed by atoms with Crippen LogP contribution < -0.4 is 20.6 Å². The third kappa shape index (κ3) is 6.39. The van der Waals surface area contributed by atoms with Gasteiger partial charge in [-0.1, -0.05) is 23.2 Å². The van der Waals surface area contributed by atoms with Crippen LogP contribution in [-0.2, 0) is 6.54 Å². The number of likely N-dealkylation sites (tertiary alicyclic amines) is 1. The molecule has 2 aromatic carbocycles. The molecule has 1 saturated heterocycles. The fourth-order valence-electron chi connectivity index (χ4n) is 4.43. The number of hydrogen-bond donors (Lipinski definition) is 2. The minimum absolute atomic E-state index is 0.0249. The van der Waals surface area contributed by atoms with Crippen LogP contribution in [0.4, 0.5) is 5.82 Å². The maximum absolute atomic E-state index is 13.2. The lowest BCUT2D eigenvalue weighted by molar-refractivity contribution is 0.0729. The number of nitrogens with one attached hydrogen (secondary N) is 1. The average molecular weight is 594 g/mol. The van der Waals surface area contributed by atoms with Crippen LogP contribution in [0.2, 0.25) is 5.02 Å². The fourth-order valence-corrected chi connectivity index (χ4v) is 4.56. The van der Waals surface area contributed by atoms with E-state index in [-0.39, 0.29) is 23.1 Å². The number of carbonyl (C=O) groups is 2. The first kappa shape index (κ1) is 28.7. The lowest BCUT2D eigenvalue weighted by Crippen LogP contribution is -2.31. The Hall–Kier alpha value is -4.82. The van der Waals surface area contributed by atoms with Gasteiger partial charge in [-0.3, -0.25) is 9.69 Å². The van der Waals surface area contributed by atoms with Crippen molar-refractivity contribution in [3.05, 3.63) is 70.0 Å². The smallest absolute Gasteiger partial charge is 0.343 e. The first-order chi connectivity index (χ1) is 20.3. The molecule has 5 rings (SSSR count). The van der Waals surface area contributed by atoms with Gasteiger partial charge in [0.1, 0.15) is 0 Å². The summed E-state index contributed by atoms with van der Waals surface area (Å²) in [6.45, 7) is 3.87. The second kappa shape index (κ2) is 12.8. The number of hydrogen-bond acceptors (Lipinski definition) is 12. The topological polar surface area (TPSA) is 176 Å². The molecule has 218 valence electrons. The van der Waals surface area contributed by atoms with Gasteiger partial charge in [0.25, 0.3) is 5.91 Å². The molecule has 3 N–H and O–H groups in total. The number of carbonyl (C=O) groups excluding carboxylic acids is 2. The molecule has 0 aliphatic carbocycles. The molecule has 1 aliphatic heterocycles. The number of ether oxygens (including phenoxy) is 2. The standard InChI is InChI=1S/C27H28ClN9O5/c1-16(18-8-11-21(22(14-18)40-2)41-27(39)17-6-9-19(28)10-7-17)30-32-26(38)23-20(15-36-12-4-3-5-13-36)37(35-31-23)25-24(29)33-42-34-25/h6-11,14H,3-5,12-13,15H2,1-2H3,(H2,29,33)(H,32,38)/b30-16+. The van der Waals surface area contributed by atoms with Gasteiger partial charge in [0.2, 0.25) is 11.6 Å². The van der Waals surface area contributed by atoms with Crippen LogP contribution in [0.1, 0.15) is 58.3 Å². The Morgan fingerprint density at radius 3 is 2.50 bits per heavy atom. The largest absolute Gasteiger partial charge is 0.493 e. The highest BCUT2D eigenvalue weighted by Gasteiger charge is 2.26. The van der Waals surface area contributed by atoms with Crippen molar-refractivity contribution >= 4 is 35.0 Å². The average Bonchev–Trinajstić information content (AvgIpc) is 3.62. The summed E-state index contributed by atoms with van der Waals surface area (Å²) in [6, 6.07) is 11.3. The van der Waals surface area contributed by atoms with Crippen molar-refractivity contribution in [1.29, 1.82) is 0 Å². The van der Waals surface area contributed by atoms with Crippen molar-refractivity contribution in [2.75, 3.05) is 25.9 Å². The molecule has 0 unspecified atom stereocenters. The molecule has 0 radical (unpaired) electrons. The van der Waals surface area contributed by atoms with Crippen molar-refractivity contribution in [1.82, 2.24) is 35.6 Å². The highest BCUT2D eigenvalue weighted by atomic mass is 35.5. The van der Waals surface area contributed by atoms with Crippen LogP contribution in [0.25, 0.3) is 5.82 Å². The van der Waals surface area contributed by atoms with Crippen LogP contribution in [-0.4, -0.2) is 68.0 Å². The second-order valence-corrected chi connectivity index (χ2v) is 9.94. The highest BCUT2D eigenvalue weighted by molar-refractivity contribution is 6.30. The number of halogens is 1. The summed E-state index contributed by atoms with van der Waals surface area (Å²) >= 11 is 5.89. The van der Waals surface area contributed by atoms with E-state index in [1.165, 1.54) is 11.8 Å². The van der Waals surface area contributed by atoms with Crippen LogP contribution in [0.5, 0.6) is 11.5 Å². The van der Waals surface area contributed by atoms with E-state index in [1.807, 2.05) is 0 Å². The molecular weight excluding hydrogens is 566 g/mol. The van der Waals surface area contributed by atoms with Crippen molar-refractivity contribution in [2.45, 2.75) is 32.7 Å². The number of anilines is 1. The van der Waals surface area contributed by atoms with Crippen molar-refractivity contribution < 1.29 is 23.7 Å². The molecule has 2 aromatic heterocycles. The van der Waals surface area contributed by atoms with Gasteiger partial charge < -0.3 is 15.2 Å². The quantitative estimate of drug-likeness (QED) is 0.126. The van der Waals surface area contributed by atoms with E-state index in [0.29, 0.717) is 39.8 Å². The van der Waals surface area contributed by atoms with Crippen LogP contribution in [0.15, 0.2) is 52.2 Å². The molecule has 1 aliphatic rings.